The van der Waals surface area contributed by atoms with Gasteiger partial charge in [-0.15, -0.1) is 11.8 Å². The fourth-order valence-electron chi connectivity index (χ4n) is 2.05. The van der Waals surface area contributed by atoms with Crippen molar-refractivity contribution in [3.8, 4) is 5.75 Å². The minimum absolute atomic E-state index is 0.255. The zero-order valence-corrected chi connectivity index (χ0v) is 14.5. The van der Waals surface area contributed by atoms with Gasteiger partial charge in [0.2, 0.25) is 0 Å². The van der Waals surface area contributed by atoms with Gasteiger partial charge in [0.25, 0.3) is 5.91 Å². The van der Waals surface area contributed by atoms with Gasteiger partial charge in [-0.05, 0) is 36.8 Å². The first-order valence-corrected chi connectivity index (χ1v) is 8.26. The van der Waals surface area contributed by atoms with Crippen molar-refractivity contribution in [1.82, 2.24) is 5.32 Å². The van der Waals surface area contributed by atoms with Crippen LogP contribution in [0.25, 0.3) is 0 Å². The molecule has 0 spiro atoms. The number of ether oxygens (including phenoxy) is 2. The van der Waals surface area contributed by atoms with Crippen LogP contribution in [-0.4, -0.2) is 38.4 Å². The molecular formula is C16H23NO4S. The molecule has 22 heavy (non-hydrogen) atoms. The summed E-state index contributed by atoms with van der Waals surface area (Å²) in [4.78, 5) is 25.2. The number of thioether (sulfide) groups is 1. The summed E-state index contributed by atoms with van der Waals surface area (Å²) in [6.07, 6.45) is 2.47. The van der Waals surface area contributed by atoms with Gasteiger partial charge in [-0.2, -0.15) is 0 Å². The van der Waals surface area contributed by atoms with E-state index in [9.17, 15) is 9.59 Å². The Bertz CT molecular complexity index is 531. The molecule has 1 N–H and O–H groups in total. The van der Waals surface area contributed by atoms with Crippen LogP contribution in [-0.2, 0) is 9.53 Å². The molecule has 1 aromatic rings. The van der Waals surface area contributed by atoms with Gasteiger partial charge < -0.3 is 14.8 Å². The monoisotopic (exact) mass is 325 g/mol. The number of esters is 1. The molecule has 122 valence electrons. The first-order valence-electron chi connectivity index (χ1n) is 7.03. The van der Waals surface area contributed by atoms with Crippen LogP contribution in [0.1, 0.15) is 30.6 Å². The molecule has 0 aliphatic heterocycles. The van der Waals surface area contributed by atoms with Crippen molar-refractivity contribution in [2.45, 2.75) is 31.2 Å². The normalized spacial score (nSPS) is 11.9. The minimum Gasteiger partial charge on any atom is -0.496 e. The number of amides is 1. The third kappa shape index (κ3) is 4.94. The number of rotatable bonds is 7. The highest BCUT2D eigenvalue weighted by Crippen LogP contribution is 2.25. The molecule has 6 heteroatoms. The fraction of sp³-hybridized carbons (Fsp3) is 0.500. The van der Waals surface area contributed by atoms with Crippen molar-refractivity contribution in [2.24, 2.45) is 5.92 Å². The molecule has 0 saturated carbocycles. The van der Waals surface area contributed by atoms with Gasteiger partial charge in [0.1, 0.15) is 11.8 Å². The average Bonchev–Trinajstić information content (AvgIpc) is 2.52. The Labute approximate surface area is 135 Å². The van der Waals surface area contributed by atoms with Crippen molar-refractivity contribution in [1.29, 1.82) is 0 Å². The number of hydrogen-bond acceptors (Lipinski definition) is 5. The molecule has 0 aromatic heterocycles. The van der Waals surface area contributed by atoms with E-state index in [-0.39, 0.29) is 11.8 Å². The average molecular weight is 325 g/mol. The Morgan fingerprint density at radius 3 is 2.45 bits per heavy atom. The van der Waals surface area contributed by atoms with E-state index in [1.807, 2.05) is 26.2 Å². The first kappa shape index (κ1) is 18.4. The third-order valence-corrected chi connectivity index (χ3v) is 3.88. The maximum absolute atomic E-state index is 12.4. The van der Waals surface area contributed by atoms with Crippen LogP contribution in [0.2, 0.25) is 0 Å². The van der Waals surface area contributed by atoms with E-state index in [1.54, 1.807) is 23.9 Å². The van der Waals surface area contributed by atoms with E-state index in [2.05, 4.69) is 5.32 Å². The molecule has 0 saturated heterocycles. The summed E-state index contributed by atoms with van der Waals surface area (Å²) in [5.74, 6) is -0.0509. The summed E-state index contributed by atoms with van der Waals surface area (Å²) in [6, 6.07) is 4.68. The van der Waals surface area contributed by atoms with E-state index >= 15 is 0 Å². The smallest absolute Gasteiger partial charge is 0.328 e. The zero-order valence-electron chi connectivity index (χ0n) is 13.6. The van der Waals surface area contributed by atoms with E-state index in [0.29, 0.717) is 17.7 Å². The third-order valence-electron chi connectivity index (χ3n) is 3.15. The predicted molar refractivity (Wildman–Crippen MR) is 87.5 cm³/mol. The molecule has 0 aliphatic rings. The van der Waals surface area contributed by atoms with Gasteiger partial charge in [0.15, 0.2) is 0 Å². The molecule has 0 unspecified atom stereocenters. The second-order valence-corrected chi connectivity index (χ2v) is 6.12. The lowest BCUT2D eigenvalue weighted by Crippen LogP contribution is -2.42. The Kier molecular flexibility index (Phi) is 7.24. The fourth-order valence-corrected chi connectivity index (χ4v) is 2.48. The number of hydrogen-bond donors (Lipinski definition) is 1. The Morgan fingerprint density at radius 2 is 1.95 bits per heavy atom. The van der Waals surface area contributed by atoms with Gasteiger partial charge >= 0.3 is 5.97 Å². The molecule has 5 nitrogen and oxygen atoms in total. The van der Waals surface area contributed by atoms with Crippen LogP contribution in [0.15, 0.2) is 23.1 Å². The largest absolute Gasteiger partial charge is 0.496 e. The van der Waals surface area contributed by atoms with E-state index in [0.717, 1.165) is 4.90 Å². The lowest BCUT2D eigenvalue weighted by atomic mass is 10.0. The van der Waals surface area contributed by atoms with Crippen molar-refractivity contribution >= 4 is 23.6 Å². The quantitative estimate of drug-likeness (QED) is 0.617. The Morgan fingerprint density at radius 1 is 1.27 bits per heavy atom. The standard InChI is InChI=1S/C16H23NO4S/c1-10(2)8-13(16(19)21-4)17-15(18)12-7-6-11(22-5)9-14(12)20-3/h6-7,9-10,13H,8H2,1-5H3,(H,17,18)/t13-/m0/s1. The summed E-state index contributed by atoms with van der Waals surface area (Å²) in [6.45, 7) is 3.96. The molecule has 0 radical (unpaired) electrons. The molecule has 1 amide bonds. The highest BCUT2D eigenvalue weighted by atomic mass is 32.2. The highest BCUT2D eigenvalue weighted by molar-refractivity contribution is 7.98. The molecule has 0 fully saturated rings. The lowest BCUT2D eigenvalue weighted by molar-refractivity contribution is -0.143. The van der Waals surface area contributed by atoms with Crippen molar-refractivity contribution in [2.75, 3.05) is 20.5 Å². The van der Waals surface area contributed by atoms with Crippen LogP contribution in [0.4, 0.5) is 0 Å². The molecule has 1 rings (SSSR count). The summed E-state index contributed by atoms with van der Waals surface area (Å²) in [5.41, 5.74) is 0.401. The summed E-state index contributed by atoms with van der Waals surface area (Å²) in [7, 11) is 2.83. The van der Waals surface area contributed by atoms with E-state index in [1.165, 1.54) is 14.2 Å². The zero-order chi connectivity index (χ0) is 16.7. The van der Waals surface area contributed by atoms with Crippen LogP contribution in [0.5, 0.6) is 5.75 Å². The van der Waals surface area contributed by atoms with Gasteiger partial charge in [-0.1, -0.05) is 13.8 Å². The molecular weight excluding hydrogens is 302 g/mol. The van der Waals surface area contributed by atoms with Gasteiger partial charge in [0.05, 0.1) is 19.8 Å². The number of benzene rings is 1. The van der Waals surface area contributed by atoms with Crippen molar-refractivity contribution < 1.29 is 19.1 Å². The van der Waals surface area contributed by atoms with Crippen LogP contribution in [0, 0.1) is 5.92 Å². The predicted octanol–water partition coefficient (Wildman–Crippen LogP) is 2.73. The topological polar surface area (TPSA) is 64.6 Å². The van der Waals surface area contributed by atoms with Crippen LogP contribution >= 0.6 is 11.8 Å². The molecule has 1 atom stereocenters. The maximum atomic E-state index is 12.4. The summed E-state index contributed by atoms with van der Waals surface area (Å²) >= 11 is 1.56. The highest BCUT2D eigenvalue weighted by Gasteiger charge is 2.24. The number of nitrogens with one attached hydrogen (secondary N) is 1. The molecule has 0 heterocycles. The van der Waals surface area contributed by atoms with Gasteiger partial charge in [-0.3, -0.25) is 4.79 Å². The second-order valence-electron chi connectivity index (χ2n) is 5.24. The summed E-state index contributed by atoms with van der Waals surface area (Å²) in [5, 5.41) is 2.73. The molecule has 0 aliphatic carbocycles. The van der Waals surface area contributed by atoms with Crippen LogP contribution in [0.3, 0.4) is 0 Å². The van der Waals surface area contributed by atoms with Gasteiger partial charge in [0, 0.05) is 4.90 Å². The Balaban J connectivity index is 2.96. The minimum atomic E-state index is -0.664. The van der Waals surface area contributed by atoms with E-state index < -0.39 is 12.0 Å². The van der Waals surface area contributed by atoms with Crippen molar-refractivity contribution in [3.63, 3.8) is 0 Å². The van der Waals surface area contributed by atoms with Crippen molar-refractivity contribution in [3.05, 3.63) is 23.8 Å². The number of carbonyl (C=O) groups is 2. The van der Waals surface area contributed by atoms with Crippen LogP contribution < -0.4 is 10.1 Å². The lowest BCUT2D eigenvalue weighted by Gasteiger charge is -2.19. The number of carbonyl (C=O) groups excluding carboxylic acids is 2. The second kappa shape index (κ2) is 8.68. The molecule has 0 bridgehead atoms. The SMILES string of the molecule is COC(=O)[C@H](CC(C)C)NC(=O)c1ccc(SC)cc1OC. The summed E-state index contributed by atoms with van der Waals surface area (Å²) < 4.78 is 10.0. The van der Waals surface area contributed by atoms with Gasteiger partial charge in [-0.25, -0.2) is 4.79 Å². The molecule has 1 aromatic carbocycles. The maximum Gasteiger partial charge on any atom is 0.328 e. The van der Waals surface area contributed by atoms with E-state index in [4.69, 9.17) is 9.47 Å². The number of methoxy groups -OCH3 is 2. The Hall–Kier alpha value is -1.69. The first-order chi connectivity index (χ1) is 10.4.